The van der Waals surface area contributed by atoms with Gasteiger partial charge in [-0.2, -0.15) is 0 Å². The van der Waals surface area contributed by atoms with E-state index in [2.05, 4.69) is 41.8 Å². The molecule has 12 aromatic rings. The van der Waals surface area contributed by atoms with Crippen molar-refractivity contribution in [2.45, 2.75) is 49.0 Å². The number of carbonyl (C=O) groups excluding carboxylic acids is 1. The topological polar surface area (TPSA) is 261 Å². The number of benzene rings is 8. The van der Waals surface area contributed by atoms with Gasteiger partial charge in [0.25, 0.3) is 16.7 Å². The lowest BCUT2D eigenvalue weighted by Crippen LogP contribution is -2.10. The number of terminal acetylenes is 1. The minimum atomic E-state index is -0.474. The number of aryl methyl sites for hydroxylation is 6. The summed E-state index contributed by atoms with van der Waals surface area (Å²) in [4.78, 5) is 93.1. The molecule has 0 aliphatic rings. The highest BCUT2D eigenvalue weighted by Gasteiger charge is 2.25. The molecule has 8 aromatic carbocycles. The number of nitrogens with one attached hydrogen (secondary N) is 4. The number of aldehydes is 1. The van der Waals surface area contributed by atoms with Crippen LogP contribution >= 0.6 is 28.1 Å². The Kier molecular flexibility index (Phi) is 19.5. The molecule has 19 heteroatoms. The fourth-order valence-electron chi connectivity index (χ4n) is 10.1. The molecule has 0 atom stereocenters. The summed E-state index contributed by atoms with van der Waals surface area (Å²) in [5.41, 5.74) is 10.3. The van der Waals surface area contributed by atoms with Crippen LogP contribution < -0.4 is 16.7 Å². The third-order valence-corrected chi connectivity index (χ3v) is 15.3. The minimum Gasteiger partial charge on any atom is -0.340 e. The van der Waals surface area contributed by atoms with Crippen molar-refractivity contribution in [2.75, 3.05) is 0 Å². The molecule has 89 heavy (non-hydrogen) atoms. The molecular weight excluding hydrogens is 1210 g/mol. The van der Waals surface area contributed by atoms with Crippen LogP contribution in [0.15, 0.2) is 189 Å². The first-order chi connectivity index (χ1) is 42.0. The number of hydrogen-bond acceptors (Lipinski definition) is 11. The van der Waals surface area contributed by atoms with Gasteiger partial charge in [0.2, 0.25) is 0 Å². The van der Waals surface area contributed by atoms with Crippen LogP contribution in [0.5, 0.6) is 0 Å². The van der Waals surface area contributed by atoms with Crippen molar-refractivity contribution < 1.29 is 19.6 Å². The Bertz CT molecular complexity index is 4930. The Balaban J connectivity index is 0.000000153. The van der Waals surface area contributed by atoms with Crippen LogP contribution in [0, 0.1) is 88.9 Å². The molecule has 0 saturated heterocycles. The number of pyridine rings is 4. The van der Waals surface area contributed by atoms with Crippen LogP contribution in [-0.2, 0) is 0 Å². The van der Waals surface area contributed by atoms with Crippen LogP contribution in [0.3, 0.4) is 0 Å². The largest absolute Gasteiger partial charge is 0.340 e. The minimum absolute atomic E-state index is 0. The summed E-state index contributed by atoms with van der Waals surface area (Å²) < 4.78 is 1.37. The molecule has 0 aliphatic carbocycles. The van der Waals surface area contributed by atoms with Gasteiger partial charge in [-0.05, 0) is 119 Å². The van der Waals surface area contributed by atoms with Gasteiger partial charge in [-0.25, -0.2) is 0 Å². The van der Waals surface area contributed by atoms with E-state index in [9.17, 15) is 49.5 Å². The summed E-state index contributed by atoms with van der Waals surface area (Å²) in [5.74, 6) is 2.48. The second-order valence-corrected chi connectivity index (χ2v) is 22.1. The number of halogens is 1. The van der Waals surface area contributed by atoms with E-state index in [1.54, 1.807) is 97.1 Å². The van der Waals surface area contributed by atoms with Gasteiger partial charge >= 0.3 is 17.1 Å². The molecular formula is C70H56BrN7O10S. The monoisotopic (exact) mass is 1270 g/mol. The highest BCUT2D eigenvalue weighted by atomic mass is 79.9. The zero-order valence-electron chi connectivity index (χ0n) is 48.0. The maximum absolute atomic E-state index is 12.3. The maximum Gasteiger partial charge on any atom is 0.301 e. The molecule has 0 radical (unpaired) electrons. The van der Waals surface area contributed by atoms with Crippen LogP contribution in [0.4, 0.5) is 17.1 Å². The molecule has 0 spiro atoms. The van der Waals surface area contributed by atoms with Crippen molar-refractivity contribution in [3.8, 4) is 57.4 Å². The molecule has 4 aromatic heterocycles. The molecule has 4 heterocycles. The summed E-state index contributed by atoms with van der Waals surface area (Å²) in [7, 11) is 0. The van der Waals surface area contributed by atoms with Crippen LogP contribution in [0.2, 0.25) is 0 Å². The van der Waals surface area contributed by atoms with Crippen molar-refractivity contribution in [1.29, 1.82) is 0 Å². The van der Waals surface area contributed by atoms with E-state index in [4.69, 9.17) is 18.6 Å². The molecule has 0 saturated carbocycles. The maximum atomic E-state index is 12.3. The molecule has 0 amide bonds. The Morgan fingerprint density at radius 3 is 1.08 bits per heavy atom. The zero-order chi connectivity index (χ0) is 63.2. The Morgan fingerprint density at radius 2 is 0.708 bits per heavy atom. The van der Waals surface area contributed by atoms with E-state index in [1.807, 2.05) is 114 Å². The fraction of sp³-hybridized carbons (Fsp3) is 0.100. The quantitative estimate of drug-likeness (QED) is 0.0365. The summed E-state index contributed by atoms with van der Waals surface area (Å²) in [6.07, 6.45) is 6.12. The summed E-state index contributed by atoms with van der Waals surface area (Å²) in [6, 6.07) is 50.1. The second-order valence-electron chi connectivity index (χ2n) is 20.8. The first kappa shape index (κ1) is 63.9. The summed E-state index contributed by atoms with van der Waals surface area (Å²) in [6.45, 7) is 11.5. The van der Waals surface area contributed by atoms with E-state index >= 15 is 0 Å². The molecule has 0 aliphatic heterocycles. The number of aromatic nitrogens is 4. The van der Waals surface area contributed by atoms with E-state index in [0.29, 0.717) is 81.4 Å². The lowest BCUT2D eigenvalue weighted by atomic mass is 9.99. The van der Waals surface area contributed by atoms with Gasteiger partial charge in [0.1, 0.15) is 21.7 Å². The number of hydrogen-bond donors (Lipinski definition) is 4. The van der Waals surface area contributed by atoms with E-state index in [0.717, 1.165) is 55.3 Å². The van der Waals surface area contributed by atoms with Crippen molar-refractivity contribution in [1.82, 2.24) is 19.9 Å². The van der Waals surface area contributed by atoms with Crippen LogP contribution in [0.1, 0.15) is 56.7 Å². The molecule has 0 bridgehead atoms. The molecule has 12 rings (SSSR count). The predicted octanol–water partition coefficient (Wildman–Crippen LogP) is 16.9. The third-order valence-electron chi connectivity index (χ3n) is 14.5. The number of fused-ring (bicyclic) bond motifs is 4. The van der Waals surface area contributed by atoms with Gasteiger partial charge in [0.15, 0.2) is 6.29 Å². The van der Waals surface area contributed by atoms with Gasteiger partial charge in [-0.1, -0.05) is 178 Å². The average Bonchev–Trinajstić information content (AvgIpc) is 0.879. The van der Waals surface area contributed by atoms with E-state index in [1.165, 1.54) is 0 Å². The lowest BCUT2D eigenvalue weighted by Gasteiger charge is -2.09. The second kappa shape index (κ2) is 27.1. The van der Waals surface area contributed by atoms with Crippen LogP contribution in [0.25, 0.3) is 88.1 Å². The van der Waals surface area contributed by atoms with Gasteiger partial charge in [0, 0.05) is 43.1 Å². The SMILES string of the molecule is C.C#Cc1ccc(-c2[nH]c(=O)c3cc(C)ccc3c2[N+](=O)[O-])cc1.Cc1ccc(-c2[nH]c(=O)c3cc(C)ccc3c2C=O)cc1.Cc1ccc(-c2[nH]c(=S)c3cc(C)ccc3c2[N+](=O)[O-])cc1.Cc1ccc2c([N+](=O)[O-])c(-c3ccc(Br)cc3)[nH]c(=O)c2c1. The first-order valence-corrected chi connectivity index (χ1v) is 28.3. The summed E-state index contributed by atoms with van der Waals surface area (Å²) in [5, 5.41) is 38.6. The molecule has 0 fully saturated rings. The zero-order valence-corrected chi connectivity index (χ0v) is 50.4. The van der Waals surface area contributed by atoms with Crippen LogP contribution in [-0.4, -0.2) is 41.0 Å². The van der Waals surface area contributed by atoms with Crippen molar-refractivity contribution in [2.24, 2.45) is 0 Å². The number of aromatic amines is 4. The van der Waals surface area contributed by atoms with Gasteiger partial charge in [0.05, 0.1) is 47.4 Å². The molecule has 17 nitrogen and oxygen atoms in total. The Hall–Kier alpha value is -11.1. The standard InChI is InChI=1S/C18H12N2O3.C18H15NO2.C17H14N2O2S.C16H11BrN2O3.CH4/c1-3-12-5-7-13(8-6-12)16-17(20(22)23)14-9-4-11(2)10-15(14)18(21)19-16;1-11-3-6-13(7-4-11)17-16(10-20)14-8-5-12(2)9-15(14)18(21)19-17;1-10-3-6-12(7-4-10)15-16(19(20)21)13-8-5-11(2)9-14(13)17(22)18-15;1-9-2-7-12-13(8-9)16(20)18-14(15(12)19(21)22)10-3-5-11(17)6-4-10;/h1,4-10H,2H3,(H,19,21);3-10H,1-2H3,(H,19,21);3-9H,1-2H3,(H,18,22);2-8H,1H3,(H,18,20);1H4. The Labute approximate surface area is 522 Å². The van der Waals surface area contributed by atoms with E-state index < -0.39 is 9.85 Å². The fourth-order valence-corrected chi connectivity index (χ4v) is 10.6. The summed E-state index contributed by atoms with van der Waals surface area (Å²) >= 11 is 8.72. The molecule has 444 valence electrons. The number of nitro groups is 3. The van der Waals surface area contributed by atoms with E-state index in [-0.39, 0.29) is 57.5 Å². The smallest absolute Gasteiger partial charge is 0.301 e. The average molecular weight is 1270 g/mol. The highest BCUT2D eigenvalue weighted by molar-refractivity contribution is 9.10. The first-order valence-electron chi connectivity index (χ1n) is 27.1. The third kappa shape index (κ3) is 13.8. The number of carbonyl (C=O) groups is 1. The van der Waals surface area contributed by atoms with Gasteiger partial charge in [-0.15, -0.1) is 6.42 Å². The number of nitrogens with zero attached hydrogens (tertiary/aromatic N) is 3. The van der Waals surface area contributed by atoms with Gasteiger partial charge in [-0.3, -0.25) is 49.5 Å². The highest BCUT2D eigenvalue weighted by Crippen LogP contribution is 2.38. The Morgan fingerprint density at radius 1 is 0.416 bits per heavy atom. The van der Waals surface area contributed by atoms with Crippen molar-refractivity contribution in [3.63, 3.8) is 0 Å². The lowest BCUT2D eigenvalue weighted by molar-refractivity contribution is -0.382. The van der Waals surface area contributed by atoms with Crippen molar-refractivity contribution >= 4 is 94.6 Å². The molecule has 4 N–H and O–H groups in total. The number of rotatable bonds is 8. The van der Waals surface area contributed by atoms with Gasteiger partial charge < -0.3 is 19.9 Å². The predicted molar refractivity (Wildman–Crippen MR) is 361 cm³/mol. The molecule has 0 unspecified atom stereocenters. The van der Waals surface area contributed by atoms with Crippen molar-refractivity contribution in [3.05, 3.63) is 285 Å². The normalized spacial score (nSPS) is 10.6. The number of H-pyrrole nitrogens is 4.